The lowest BCUT2D eigenvalue weighted by Gasteiger charge is -2.02. The molecule has 0 aliphatic heterocycles. The molecule has 0 bridgehead atoms. The highest BCUT2D eigenvalue weighted by atomic mass is 16.6. The number of allylic oxidation sites excluding steroid dienone is 1. The summed E-state index contributed by atoms with van der Waals surface area (Å²) in [6, 6.07) is 7.16. The van der Waals surface area contributed by atoms with Crippen molar-refractivity contribution in [3.05, 3.63) is 35.9 Å². The third-order valence-corrected chi connectivity index (χ3v) is 2.72. The smallest absolute Gasteiger partial charge is 0.384 e. The van der Waals surface area contributed by atoms with Crippen molar-refractivity contribution >= 4 is 17.8 Å². The van der Waals surface area contributed by atoms with Crippen LogP contribution in [0, 0.1) is 11.8 Å². The molecule has 0 unspecified atom stereocenters. The molecule has 0 spiro atoms. The Morgan fingerprint density at radius 1 is 1.00 bits per heavy atom. The summed E-state index contributed by atoms with van der Waals surface area (Å²) >= 11 is 0. The van der Waals surface area contributed by atoms with Gasteiger partial charge in [0.05, 0.1) is 26.9 Å². The van der Waals surface area contributed by atoms with Gasteiger partial charge in [-0.1, -0.05) is 18.2 Å². The fourth-order valence-electron chi connectivity index (χ4n) is 1.51. The van der Waals surface area contributed by atoms with Gasteiger partial charge >= 0.3 is 5.97 Å². The first kappa shape index (κ1) is 19.4. The van der Waals surface area contributed by atoms with Gasteiger partial charge in [0.2, 0.25) is 5.78 Å². The van der Waals surface area contributed by atoms with E-state index in [9.17, 15) is 9.59 Å². The van der Waals surface area contributed by atoms with E-state index in [1.54, 1.807) is 44.6 Å². The second-order valence-electron chi connectivity index (χ2n) is 4.46. The maximum Gasteiger partial charge on any atom is 0.384 e. The molecule has 0 aliphatic carbocycles. The molecule has 24 heavy (non-hydrogen) atoms. The van der Waals surface area contributed by atoms with Crippen molar-refractivity contribution in [1.82, 2.24) is 0 Å². The molecule has 0 saturated heterocycles. The minimum Gasteiger partial charge on any atom is -0.497 e. The SMILES string of the molecule is COCCOCCOC(=O)C#CC(=O)C=Cc1ccc(OC)cc1. The minimum atomic E-state index is -0.767. The quantitative estimate of drug-likeness (QED) is 0.170. The van der Waals surface area contributed by atoms with Gasteiger partial charge in [0.15, 0.2) is 0 Å². The lowest BCUT2D eigenvalue weighted by Crippen LogP contribution is -2.11. The van der Waals surface area contributed by atoms with E-state index in [1.165, 1.54) is 6.08 Å². The van der Waals surface area contributed by atoms with Crippen LogP contribution in [0.5, 0.6) is 5.75 Å². The fraction of sp³-hybridized carbons (Fsp3) is 0.333. The molecule has 1 aromatic carbocycles. The maximum absolute atomic E-state index is 11.6. The van der Waals surface area contributed by atoms with Crippen molar-refractivity contribution in [2.45, 2.75) is 0 Å². The van der Waals surface area contributed by atoms with Gasteiger partial charge in [0.1, 0.15) is 12.4 Å². The van der Waals surface area contributed by atoms with E-state index in [4.69, 9.17) is 18.9 Å². The summed E-state index contributed by atoms with van der Waals surface area (Å²) in [6.07, 6.45) is 2.89. The van der Waals surface area contributed by atoms with Crippen LogP contribution in [-0.4, -0.2) is 52.4 Å². The van der Waals surface area contributed by atoms with Gasteiger partial charge in [0, 0.05) is 13.0 Å². The molecule has 6 nitrogen and oxygen atoms in total. The molecule has 1 aromatic rings. The normalized spacial score (nSPS) is 10.1. The van der Waals surface area contributed by atoms with E-state index in [-0.39, 0.29) is 13.2 Å². The number of hydrogen-bond donors (Lipinski definition) is 0. The van der Waals surface area contributed by atoms with Crippen molar-refractivity contribution in [2.24, 2.45) is 0 Å². The van der Waals surface area contributed by atoms with Crippen LogP contribution in [0.4, 0.5) is 0 Å². The molecule has 0 aromatic heterocycles. The molecule has 0 saturated carbocycles. The highest BCUT2D eigenvalue weighted by molar-refractivity contribution is 6.09. The molecule has 0 heterocycles. The van der Waals surface area contributed by atoms with Gasteiger partial charge in [-0.25, -0.2) is 4.79 Å². The highest BCUT2D eigenvalue weighted by Crippen LogP contribution is 2.12. The number of carbonyl (C=O) groups is 2. The van der Waals surface area contributed by atoms with Crippen molar-refractivity contribution in [3.63, 3.8) is 0 Å². The Morgan fingerprint density at radius 3 is 2.38 bits per heavy atom. The van der Waals surface area contributed by atoms with E-state index in [0.29, 0.717) is 13.2 Å². The van der Waals surface area contributed by atoms with Crippen LogP contribution >= 0.6 is 0 Å². The van der Waals surface area contributed by atoms with Crippen molar-refractivity contribution in [3.8, 4) is 17.6 Å². The maximum atomic E-state index is 11.6. The monoisotopic (exact) mass is 332 g/mol. The van der Waals surface area contributed by atoms with Crippen molar-refractivity contribution < 1.29 is 28.5 Å². The zero-order chi connectivity index (χ0) is 17.6. The number of methoxy groups -OCH3 is 2. The van der Waals surface area contributed by atoms with Crippen LogP contribution < -0.4 is 4.74 Å². The van der Waals surface area contributed by atoms with Gasteiger partial charge in [0.25, 0.3) is 0 Å². The largest absolute Gasteiger partial charge is 0.497 e. The fourth-order valence-corrected chi connectivity index (χ4v) is 1.51. The molecular weight excluding hydrogens is 312 g/mol. The second kappa shape index (κ2) is 11.9. The van der Waals surface area contributed by atoms with Crippen molar-refractivity contribution in [2.75, 3.05) is 40.6 Å². The summed E-state index contributed by atoms with van der Waals surface area (Å²) in [5, 5.41) is 0. The van der Waals surface area contributed by atoms with Crippen LogP contribution in [0.2, 0.25) is 0 Å². The molecule has 0 amide bonds. The molecule has 0 radical (unpaired) electrons. The summed E-state index contributed by atoms with van der Waals surface area (Å²) in [7, 11) is 3.15. The van der Waals surface area contributed by atoms with E-state index >= 15 is 0 Å². The number of hydrogen-bond acceptors (Lipinski definition) is 6. The lowest BCUT2D eigenvalue weighted by molar-refractivity contribution is -0.138. The van der Waals surface area contributed by atoms with Crippen LogP contribution in [-0.2, 0) is 23.8 Å². The highest BCUT2D eigenvalue weighted by Gasteiger charge is 1.98. The zero-order valence-corrected chi connectivity index (χ0v) is 13.7. The molecule has 128 valence electrons. The topological polar surface area (TPSA) is 71.1 Å². The summed E-state index contributed by atoms with van der Waals surface area (Å²) in [4.78, 5) is 22.9. The van der Waals surface area contributed by atoms with Crippen molar-refractivity contribution in [1.29, 1.82) is 0 Å². The number of rotatable bonds is 9. The Kier molecular flexibility index (Phi) is 9.62. The number of benzene rings is 1. The number of ether oxygens (including phenoxy) is 4. The van der Waals surface area contributed by atoms with E-state index < -0.39 is 11.8 Å². The number of carbonyl (C=O) groups excluding carboxylic acids is 2. The summed E-state index contributed by atoms with van der Waals surface area (Å²) in [5.74, 6) is 3.80. The van der Waals surface area contributed by atoms with Crippen LogP contribution in [0.3, 0.4) is 0 Å². The predicted molar refractivity (Wildman–Crippen MR) is 88.5 cm³/mol. The Hall–Kier alpha value is -2.62. The summed E-state index contributed by atoms with van der Waals surface area (Å²) in [5.41, 5.74) is 0.821. The van der Waals surface area contributed by atoms with Crippen LogP contribution in [0.15, 0.2) is 30.3 Å². The van der Waals surface area contributed by atoms with Gasteiger partial charge in [-0.05, 0) is 29.7 Å². The molecule has 0 aliphatic rings. The van der Waals surface area contributed by atoms with Gasteiger partial charge in [-0.3, -0.25) is 4.79 Å². The second-order valence-corrected chi connectivity index (χ2v) is 4.46. The predicted octanol–water partition coefficient (Wildman–Crippen LogP) is 1.49. The van der Waals surface area contributed by atoms with Gasteiger partial charge < -0.3 is 18.9 Å². The van der Waals surface area contributed by atoms with Crippen LogP contribution in [0.25, 0.3) is 6.08 Å². The first-order valence-electron chi connectivity index (χ1n) is 7.27. The zero-order valence-electron chi connectivity index (χ0n) is 13.7. The molecular formula is C18H20O6. The Morgan fingerprint density at radius 2 is 1.71 bits per heavy atom. The standard InChI is InChI=1S/C18H20O6/c1-21-11-12-23-13-14-24-18(20)10-7-16(19)6-3-15-4-8-17(22-2)9-5-15/h3-6,8-9H,11-14H2,1-2H3. The summed E-state index contributed by atoms with van der Waals surface area (Å²) in [6.45, 7) is 1.23. The molecule has 0 fully saturated rings. The first-order chi connectivity index (χ1) is 11.7. The van der Waals surface area contributed by atoms with E-state index in [1.807, 2.05) is 0 Å². The summed E-state index contributed by atoms with van der Waals surface area (Å²) < 4.78 is 19.7. The third-order valence-electron chi connectivity index (χ3n) is 2.72. The van der Waals surface area contributed by atoms with Gasteiger partial charge in [-0.15, -0.1) is 0 Å². The number of ketones is 1. The molecule has 6 heteroatoms. The average molecular weight is 332 g/mol. The van der Waals surface area contributed by atoms with E-state index in [2.05, 4.69) is 11.8 Å². The van der Waals surface area contributed by atoms with E-state index in [0.717, 1.165) is 11.3 Å². The Balaban J connectivity index is 2.32. The molecule has 0 atom stereocenters. The molecule has 0 N–H and O–H groups in total. The Bertz CT molecular complexity index is 607. The molecule has 1 rings (SSSR count). The van der Waals surface area contributed by atoms with Gasteiger partial charge in [-0.2, -0.15) is 0 Å². The van der Waals surface area contributed by atoms with Crippen LogP contribution in [0.1, 0.15) is 5.56 Å². The Labute approximate surface area is 141 Å². The third kappa shape index (κ3) is 8.73. The first-order valence-corrected chi connectivity index (χ1v) is 7.27. The lowest BCUT2D eigenvalue weighted by atomic mass is 10.2. The number of esters is 1. The average Bonchev–Trinajstić information content (AvgIpc) is 2.61. The minimum absolute atomic E-state index is 0.0765.